The highest BCUT2D eigenvalue weighted by Gasteiger charge is 2.50. The van der Waals surface area contributed by atoms with Crippen LogP contribution in [0, 0.1) is 0 Å². The average molecular weight is 322 g/mol. The minimum Gasteiger partial charge on any atom is -0.439 e. The Morgan fingerprint density at radius 1 is 1.36 bits per heavy atom. The predicted molar refractivity (Wildman–Crippen MR) is 82.3 cm³/mol. The zero-order valence-electron chi connectivity index (χ0n) is 12.7. The van der Waals surface area contributed by atoms with Gasteiger partial charge >= 0.3 is 6.09 Å². The van der Waals surface area contributed by atoms with Crippen LogP contribution in [0.4, 0.5) is 4.79 Å². The zero-order chi connectivity index (χ0) is 15.5. The molecule has 0 bridgehead atoms. The van der Waals surface area contributed by atoms with E-state index in [2.05, 4.69) is 9.89 Å². The van der Waals surface area contributed by atoms with Crippen molar-refractivity contribution < 1.29 is 14.3 Å². The molecule has 0 N–H and O–H groups in total. The van der Waals surface area contributed by atoms with E-state index in [1.807, 2.05) is 6.92 Å². The van der Waals surface area contributed by atoms with Crippen LogP contribution < -0.4 is 0 Å². The second kappa shape index (κ2) is 4.65. The van der Waals surface area contributed by atoms with Gasteiger partial charge in [-0.2, -0.15) is 0 Å². The Labute approximate surface area is 133 Å². The lowest BCUT2D eigenvalue weighted by Gasteiger charge is -2.22. The lowest BCUT2D eigenvalue weighted by Crippen LogP contribution is -2.39. The molecule has 0 aliphatic carbocycles. The number of amidine groups is 1. The molecule has 1 atom stereocenters. The summed E-state index contributed by atoms with van der Waals surface area (Å²) in [6.07, 6.45) is 0.408. The first kappa shape index (κ1) is 13.9. The molecule has 1 unspecified atom stereocenters. The SMILES string of the molecule is CC1=C(C(=O)N2CCC3(CN(C)C(=O)O3)C2)SC2=NCCN21. The van der Waals surface area contributed by atoms with Crippen molar-refractivity contribution in [3.05, 3.63) is 10.6 Å². The summed E-state index contributed by atoms with van der Waals surface area (Å²) in [5.41, 5.74) is 0.472. The normalized spacial score (nSPS) is 30.5. The largest absolute Gasteiger partial charge is 0.439 e. The summed E-state index contributed by atoms with van der Waals surface area (Å²) in [6, 6.07) is 0. The summed E-state index contributed by atoms with van der Waals surface area (Å²) in [4.78, 5) is 35.1. The first-order chi connectivity index (χ1) is 10.5. The van der Waals surface area contributed by atoms with Gasteiger partial charge in [0.15, 0.2) is 10.8 Å². The Kier molecular flexibility index (Phi) is 2.94. The van der Waals surface area contributed by atoms with Gasteiger partial charge in [-0.25, -0.2) is 4.79 Å². The molecule has 2 fully saturated rings. The second-order valence-electron chi connectivity index (χ2n) is 6.22. The van der Waals surface area contributed by atoms with Crippen LogP contribution in [-0.4, -0.2) is 77.2 Å². The fraction of sp³-hybridized carbons (Fsp3) is 0.643. The molecule has 4 heterocycles. The summed E-state index contributed by atoms with van der Waals surface area (Å²) in [6.45, 7) is 5.30. The van der Waals surface area contributed by atoms with Gasteiger partial charge in [0.1, 0.15) is 0 Å². The van der Waals surface area contributed by atoms with E-state index < -0.39 is 5.60 Å². The molecule has 0 aromatic carbocycles. The number of amides is 2. The molecular weight excluding hydrogens is 304 g/mol. The number of thioether (sulfide) groups is 1. The summed E-state index contributed by atoms with van der Waals surface area (Å²) >= 11 is 1.46. The second-order valence-corrected chi connectivity index (χ2v) is 7.19. The molecule has 4 aliphatic heterocycles. The van der Waals surface area contributed by atoms with E-state index in [9.17, 15) is 9.59 Å². The lowest BCUT2D eigenvalue weighted by molar-refractivity contribution is -0.126. The van der Waals surface area contributed by atoms with Gasteiger partial charge in [-0.05, 0) is 18.7 Å². The van der Waals surface area contributed by atoms with Crippen molar-refractivity contribution in [2.45, 2.75) is 18.9 Å². The van der Waals surface area contributed by atoms with E-state index in [1.54, 1.807) is 16.8 Å². The Hall–Kier alpha value is -1.70. The Morgan fingerprint density at radius 2 is 2.18 bits per heavy atom. The molecule has 0 aromatic heterocycles. The maximum Gasteiger partial charge on any atom is 0.410 e. The van der Waals surface area contributed by atoms with Crippen molar-refractivity contribution >= 4 is 28.9 Å². The van der Waals surface area contributed by atoms with Crippen LogP contribution in [0.1, 0.15) is 13.3 Å². The first-order valence-corrected chi connectivity index (χ1v) is 8.25. The molecule has 2 saturated heterocycles. The van der Waals surface area contributed by atoms with Crippen molar-refractivity contribution in [2.24, 2.45) is 4.99 Å². The van der Waals surface area contributed by atoms with E-state index in [1.165, 1.54) is 11.8 Å². The molecule has 8 heteroatoms. The number of hydrogen-bond donors (Lipinski definition) is 0. The molecule has 0 radical (unpaired) electrons. The Bertz CT molecular complexity index is 632. The van der Waals surface area contributed by atoms with Crippen molar-refractivity contribution in [3.8, 4) is 0 Å². The molecule has 4 rings (SSSR count). The fourth-order valence-corrected chi connectivity index (χ4v) is 4.63. The van der Waals surface area contributed by atoms with Gasteiger partial charge in [-0.3, -0.25) is 9.79 Å². The van der Waals surface area contributed by atoms with E-state index in [0.717, 1.165) is 28.9 Å². The molecule has 2 amide bonds. The zero-order valence-corrected chi connectivity index (χ0v) is 13.5. The number of fused-ring (bicyclic) bond motifs is 1. The number of ether oxygens (including phenoxy) is 1. The minimum absolute atomic E-state index is 0.0297. The van der Waals surface area contributed by atoms with Crippen LogP contribution in [0.15, 0.2) is 15.6 Å². The summed E-state index contributed by atoms with van der Waals surface area (Å²) in [5, 5.41) is 0.932. The van der Waals surface area contributed by atoms with Gasteiger partial charge in [0.2, 0.25) is 0 Å². The van der Waals surface area contributed by atoms with Gasteiger partial charge in [0, 0.05) is 32.3 Å². The van der Waals surface area contributed by atoms with Crippen LogP contribution in [0.3, 0.4) is 0 Å². The van der Waals surface area contributed by atoms with Gasteiger partial charge in [-0.1, -0.05) is 0 Å². The summed E-state index contributed by atoms with van der Waals surface area (Å²) in [5.74, 6) is 0.0297. The summed E-state index contributed by atoms with van der Waals surface area (Å²) in [7, 11) is 1.73. The Morgan fingerprint density at radius 3 is 2.86 bits per heavy atom. The van der Waals surface area contributed by atoms with Gasteiger partial charge < -0.3 is 19.4 Å². The number of carbonyl (C=O) groups excluding carboxylic acids is 2. The van der Waals surface area contributed by atoms with Gasteiger partial charge in [0.05, 0.1) is 24.5 Å². The molecule has 7 nitrogen and oxygen atoms in total. The van der Waals surface area contributed by atoms with Crippen LogP contribution >= 0.6 is 11.8 Å². The number of hydrogen-bond acceptors (Lipinski definition) is 6. The van der Waals surface area contributed by atoms with Crippen LogP contribution in [-0.2, 0) is 9.53 Å². The predicted octanol–water partition coefficient (Wildman–Crippen LogP) is 0.689. The van der Waals surface area contributed by atoms with Gasteiger partial charge in [-0.15, -0.1) is 0 Å². The maximum absolute atomic E-state index is 12.8. The fourth-order valence-electron chi connectivity index (χ4n) is 3.48. The molecule has 0 aromatic rings. The van der Waals surface area contributed by atoms with E-state index in [0.29, 0.717) is 26.1 Å². The minimum atomic E-state index is -0.521. The van der Waals surface area contributed by atoms with Crippen LogP contribution in [0.25, 0.3) is 0 Å². The molecule has 118 valence electrons. The van der Waals surface area contributed by atoms with E-state index >= 15 is 0 Å². The number of nitrogens with zero attached hydrogens (tertiary/aromatic N) is 4. The van der Waals surface area contributed by atoms with Crippen LogP contribution in [0.5, 0.6) is 0 Å². The molecule has 0 saturated carbocycles. The smallest absolute Gasteiger partial charge is 0.410 e. The number of allylic oxidation sites excluding steroid dienone is 1. The monoisotopic (exact) mass is 322 g/mol. The standard InChI is InChI=1S/C14H18N4O3S/c1-9-10(22-12-15-4-6-18(9)12)11(19)17-5-3-14(8-17)7-16(2)13(20)21-14/h3-8H2,1-2H3. The highest BCUT2D eigenvalue weighted by molar-refractivity contribution is 8.18. The Balaban J connectivity index is 1.50. The highest BCUT2D eigenvalue weighted by atomic mass is 32.2. The molecule has 4 aliphatic rings. The van der Waals surface area contributed by atoms with Gasteiger partial charge in [0.25, 0.3) is 5.91 Å². The van der Waals surface area contributed by atoms with Crippen molar-refractivity contribution in [3.63, 3.8) is 0 Å². The summed E-state index contributed by atoms with van der Waals surface area (Å²) < 4.78 is 5.50. The number of likely N-dealkylation sites (N-methyl/N-ethyl adjacent to an activating group) is 1. The quantitative estimate of drug-likeness (QED) is 0.711. The number of carbonyl (C=O) groups is 2. The maximum atomic E-state index is 12.8. The number of likely N-dealkylation sites (tertiary alicyclic amines) is 1. The lowest BCUT2D eigenvalue weighted by atomic mass is 10.0. The van der Waals surface area contributed by atoms with E-state index in [4.69, 9.17) is 4.74 Å². The van der Waals surface area contributed by atoms with Crippen molar-refractivity contribution in [1.82, 2.24) is 14.7 Å². The third-order valence-electron chi connectivity index (χ3n) is 4.67. The molecule has 22 heavy (non-hydrogen) atoms. The third-order valence-corrected chi connectivity index (χ3v) is 5.87. The molecule has 1 spiro atoms. The topological polar surface area (TPSA) is 65.5 Å². The first-order valence-electron chi connectivity index (χ1n) is 7.43. The number of aliphatic imine (C=N–C) groups is 1. The molecular formula is C14H18N4O3S. The highest BCUT2D eigenvalue weighted by Crippen LogP contribution is 2.39. The van der Waals surface area contributed by atoms with Crippen molar-refractivity contribution in [1.29, 1.82) is 0 Å². The van der Waals surface area contributed by atoms with Crippen molar-refractivity contribution in [2.75, 3.05) is 39.8 Å². The third kappa shape index (κ3) is 1.93. The van der Waals surface area contributed by atoms with E-state index in [-0.39, 0.29) is 12.0 Å². The van der Waals surface area contributed by atoms with Crippen LogP contribution in [0.2, 0.25) is 0 Å². The average Bonchev–Trinajstić information content (AvgIpc) is 3.19. The number of rotatable bonds is 1.